The van der Waals surface area contributed by atoms with E-state index in [4.69, 9.17) is 0 Å². The summed E-state index contributed by atoms with van der Waals surface area (Å²) in [5, 5.41) is 0. The summed E-state index contributed by atoms with van der Waals surface area (Å²) >= 11 is 1.28. The van der Waals surface area contributed by atoms with Gasteiger partial charge in [-0.25, -0.2) is 0 Å². The molecule has 1 N–H and O–H groups in total. The zero-order valence-corrected chi connectivity index (χ0v) is 11.0. The number of H-pyrrole nitrogens is 1. The summed E-state index contributed by atoms with van der Waals surface area (Å²) in [4.78, 5) is 30.4. The Labute approximate surface area is 104 Å². The van der Waals surface area contributed by atoms with Crippen LogP contribution in [0.15, 0.2) is 4.79 Å². The van der Waals surface area contributed by atoms with Crippen molar-refractivity contribution in [2.75, 3.05) is 26.2 Å². The monoisotopic (exact) mass is 255 g/mol. The number of amides is 1. The second-order valence-electron chi connectivity index (χ2n) is 4.34. The Morgan fingerprint density at radius 3 is 2.47 bits per heavy atom. The number of carbonyl (C=O) groups excluding carboxylic acids is 1. The van der Waals surface area contributed by atoms with E-state index >= 15 is 0 Å². The molecule has 17 heavy (non-hydrogen) atoms. The van der Waals surface area contributed by atoms with E-state index < -0.39 is 0 Å². The molecule has 0 spiro atoms. The highest BCUT2D eigenvalue weighted by Gasteiger charge is 2.19. The summed E-state index contributed by atoms with van der Waals surface area (Å²) in [6, 6.07) is 0. The lowest BCUT2D eigenvalue weighted by molar-refractivity contribution is -0.130. The molecule has 1 aliphatic heterocycles. The van der Waals surface area contributed by atoms with Gasteiger partial charge in [0.15, 0.2) is 0 Å². The number of aromatic nitrogens is 1. The topological polar surface area (TPSA) is 56.4 Å². The van der Waals surface area contributed by atoms with Crippen LogP contribution in [0.3, 0.4) is 0 Å². The molecule has 1 saturated heterocycles. The van der Waals surface area contributed by atoms with Crippen LogP contribution in [0.2, 0.25) is 0 Å². The first-order chi connectivity index (χ1) is 8.06. The number of thiazole rings is 1. The number of rotatable bonds is 2. The van der Waals surface area contributed by atoms with Crippen LogP contribution in [-0.2, 0) is 11.3 Å². The van der Waals surface area contributed by atoms with Crippen molar-refractivity contribution < 1.29 is 4.79 Å². The van der Waals surface area contributed by atoms with Gasteiger partial charge in [0.25, 0.3) is 0 Å². The number of nitrogens with one attached hydrogen (secondary N) is 1. The fourth-order valence-electron chi connectivity index (χ4n) is 2.01. The van der Waals surface area contributed by atoms with Crippen molar-refractivity contribution in [1.82, 2.24) is 14.8 Å². The maximum Gasteiger partial charge on any atom is 0.304 e. The van der Waals surface area contributed by atoms with Crippen molar-refractivity contribution in [3.63, 3.8) is 0 Å². The van der Waals surface area contributed by atoms with E-state index in [1.165, 1.54) is 11.3 Å². The zero-order valence-electron chi connectivity index (χ0n) is 10.2. The highest BCUT2D eigenvalue weighted by molar-refractivity contribution is 7.09. The van der Waals surface area contributed by atoms with Gasteiger partial charge in [-0.1, -0.05) is 11.3 Å². The summed E-state index contributed by atoms with van der Waals surface area (Å²) < 4.78 is 0. The number of aryl methyl sites for hydroxylation is 1. The van der Waals surface area contributed by atoms with E-state index in [-0.39, 0.29) is 10.8 Å². The van der Waals surface area contributed by atoms with Gasteiger partial charge in [0.1, 0.15) is 0 Å². The Morgan fingerprint density at radius 1 is 1.35 bits per heavy atom. The van der Waals surface area contributed by atoms with E-state index in [2.05, 4.69) is 9.88 Å². The molecular weight excluding hydrogens is 238 g/mol. The van der Waals surface area contributed by atoms with Gasteiger partial charge in [0.05, 0.1) is 0 Å². The molecule has 6 heteroatoms. The maximum atomic E-state index is 11.2. The van der Waals surface area contributed by atoms with Crippen molar-refractivity contribution in [1.29, 1.82) is 0 Å². The van der Waals surface area contributed by atoms with Gasteiger partial charge < -0.3 is 9.88 Å². The van der Waals surface area contributed by atoms with E-state index in [0.717, 1.165) is 43.3 Å². The van der Waals surface area contributed by atoms with Gasteiger partial charge in [-0.3, -0.25) is 14.5 Å². The van der Waals surface area contributed by atoms with Crippen molar-refractivity contribution in [3.8, 4) is 0 Å². The average Bonchev–Trinajstić information content (AvgIpc) is 2.58. The highest BCUT2D eigenvalue weighted by Crippen LogP contribution is 2.13. The molecule has 1 amide bonds. The first-order valence-electron chi connectivity index (χ1n) is 5.72. The summed E-state index contributed by atoms with van der Waals surface area (Å²) in [7, 11) is 0. The molecule has 0 unspecified atom stereocenters. The molecule has 1 aliphatic rings. The Bertz CT molecular complexity index is 458. The first kappa shape index (κ1) is 12.3. The van der Waals surface area contributed by atoms with Gasteiger partial charge in [0, 0.05) is 50.2 Å². The van der Waals surface area contributed by atoms with E-state index in [9.17, 15) is 9.59 Å². The third kappa shape index (κ3) is 2.95. The number of aromatic amines is 1. The van der Waals surface area contributed by atoms with E-state index in [0.29, 0.717) is 0 Å². The van der Waals surface area contributed by atoms with Crippen LogP contribution in [0.4, 0.5) is 0 Å². The van der Waals surface area contributed by atoms with Crippen LogP contribution in [-0.4, -0.2) is 46.9 Å². The Morgan fingerprint density at radius 2 is 2.00 bits per heavy atom. The molecule has 0 bridgehead atoms. The van der Waals surface area contributed by atoms with E-state index in [1.54, 1.807) is 6.92 Å². The van der Waals surface area contributed by atoms with Crippen LogP contribution in [0.1, 0.15) is 17.5 Å². The normalized spacial score (nSPS) is 17.4. The maximum absolute atomic E-state index is 11.2. The van der Waals surface area contributed by atoms with E-state index in [1.807, 2.05) is 11.8 Å². The molecule has 1 aromatic heterocycles. The summed E-state index contributed by atoms with van der Waals surface area (Å²) in [6.07, 6.45) is 0. The van der Waals surface area contributed by atoms with Gasteiger partial charge in [-0.2, -0.15) is 0 Å². The van der Waals surface area contributed by atoms with Crippen LogP contribution < -0.4 is 4.87 Å². The third-order valence-electron chi connectivity index (χ3n) is 3.11. The van der Waals surface area contributed by atoms with Crippen LogP contribution >= 0.6 is 11.3 Å². The standard InChI is InChI=1S/C11H17N3O2S/c1-8-10(17-11(16)12-8)7-13-3-5-14(6-4-13)9(2)15/h3-7H2,1-2H3,(H,12,16). The lowest BCUT2D eigenvalue weighted by atomic mass is 10.3. The molecule has 5 nitrogen and oxygen atoms in total. The fraction of sp³-hybridized carbons (Fsp3) is 0.636. The second kappa shape index (κ2) is 5.01. The third-order valence-corrected chi connectivity index (χ3v) is 4.08. The number of carbonyl (C=O) groups is 1. The Kier molecular flexibility index (Phi) is 3.63. The predicted octanol–water partition coefficient (Wildman–Crippen LogP) is 0.409. The molecule has 0 saturated carbocycles. The van der Waals surface area contributed by atoms with Crippen LogP contribution in [0.25, 0.3) is 0 Å². The predicted molar refractivity (Wildman–Crippen MR) is 67.2 cm³/mol. The van der Waals surface area contributed by atoms with Gasteiger partial charge in [-0.15, -0.1) is 0 Å². The van der Waals surface area contributed by atoms with Crippen molar-refractivity contribution in [2.24, 2.45) is 0 Å². The molecule has 94 valence electrons. The molecule has 0 aromatic carbocycles. The quantitative estimate of drug-likeness (QED) is 0.832. The van der Waals surface area contributed by atoms with Gasteiger partial charge >= 0.3 is 4.87 Å². The first-order valence-corrected chi connectivity index (χ1v) is 6.54. The summed E-state index contributed by atoms with van der Waals surface area (Å²) in [5.41, 5.74) is 0.967. The highest BCUT2D eigenvalue weighted by atomic mass is 32.1. The number of hydrogen-bond acceptors (Lipinski definition) is 4. The SMILES string of the molecule is CC(=O)N1CCN(Cc2sc(=O)[nH]c2C)CC1. The molecule has 0 aliphatic carbocycles. The smallest absolute Gasteiger partial charge is 0.304 e. The van der Waals surface area contributed by atoms with Crippen LogP contribution in [0.5, 0.6) is 0 Å². The van der Waals surface area contributed by atoms with Gasteiger partial charge in [-0.05, 0) is 6.92 Å². The fourth-order valence-corrected chi connectivity index (χ4v) is 2.89. The Balaban J connectivity index is 1.92. The molecule has 1 fully saturated rings. The molecule has 1 aromatic rings. The number of nitrogens with zero attached hydrogens (tertiary/aromatic N) is 2. The summed E-state index contributed by atoms with van der Waals surface area (Å²) in [5.74, 6) is 0.145. The Hall–Kier alpha value is -1.14. The van der Waals surface area contributed by atoms with Gasteiger partial charge in [0.2, 0.25) is 5.91 Å². The number of hydrogen-bond donors (Lipinski definition) is 1. The lowest BCUT2D eigenvalue weighted by Gasteiger charge is -2.33. The van der Waals surface area contributed by atoms with Crippen molar-refractivity contribution in [2.45, 2.75) is 20.4 Å². The molecule has 0 radical (unpaired) electrons. The lowest BCUT2D eigenvalue weighted by Crippen LogP contribution is -2.47. The summed E-state index contributed by atoms with van der Waals surface area (Å²) in [6.45, 7) is 7.68. The zero-order chi connectivity index (χ0) is 12.4. The van der Waals surface area contributed by atoms with Crippen LogP contribution in [0, 0.1) is 6.92 Å². The molecule has 2 heterocycles. The largest absolute Gasteiger partial charge is 0.340 e. The second-order valence-corrected chi connectivity index (χ2v) is 5.41. The molecule has 2 rings (SSSR count). The minimum absolute atomic E-state index is 0.0138. The minimum atomic E-state index is 0.0138. The average molecular weight is 255 g/mol. The number of piperazine rings is 1. The molecule has 0 atom stereocenters. The molecular formula is C11H17N3O2S. The minimum Gasteiger partial charge on any atom is -0.340 e. The van der Waals surface area contributed by atoms with Crippen molar-refractivity contribution in [3.05, 3.63) is 20.2 Å². The van der Waals surface area contributed by atoms with Crippen molar-refractivity contribution >= 4 is 17.2 Å².